The molecular weight excluding hydrogens is 226 g/mol. The zero-order valence-corrected chi connectivity index (χ0v) is 11.3. The highest BCUT2D eigenvalue weighted by Gasteiger charge is 2.19. The Bertz CT molecular complexity index is 334. The standard InChI is InChI=1S/C14H23N3O/c1-12(2)11-18-16-13-6-9-17(10-7-13)14-5-3-4-8-15-14/h3-5,8,12-13,16H,6-7,9-11H2,1-2H3. The molecule has 4 heteroatoms. The first-order valence-electron chi connectivity index (χ1n) is 6.79. The fraction of sp³-hybridized carbons (Fsp3) is 0.643. The quantitative estimate of drug-likeness (QED) is 0.812. The Hall–Kier alpha value is -1.13. The minimum absolute atomic E-state index is 0.476. The molecule has 1 aliphatic rings. The molecule has 0 atom stereocenters. The summed E-state index contributed by atoms with van der Waals surface area (Å²) in [5, 5.41) is 0. The molecule has 1 aromatic rings. The molecule has 2 heterocycles. The monoisotopic (exact) mass is 249 g/mol. The molecule has 1 aliphatic heterocycles. The lowest BCUT2D eigenvalue weighted by Crippen LogP contribution is -2.43. The first kappa shape index (κ1) is 13.3. The molecule has 0 aliphatic carbocycles. The van der Waals surface area contributed by atoms with E-state index < -0.39 is 0 Å². The van der Waals surface area contributed by atoms with Gasteiger partial charge in [0, 0.05) is 25.3 Å². The predicted octanol–water partition coefficient (Wildman–Crippen LogP) is 2.23. The van der Waals surface area contributed by atoms with E-state index >= 15 is 0 Å². The number of aromatic nitrogens is 1. The van der Waals surface area contributed by atoms with Crippen LogP contribution in [0.2, 0.25) is 0 Å². The molecule has 100 valence electrons. The lowest BCUT2D eigenvalue weighted by molar-refractivity contribution is -0.00407. The first-order chi connectivity index (χ1) is 8.75. The summed E-state index contributed by atoms with van der Waals surface area (Å²) in [5.74, 6) is 1.66. The molecular formula is C14H23N3O. The lowest BCUT2D eigenvalue weighted by Gasteiger charge is -2.32. The fourth-order valence-corrected chi connectivity index (χ4v) is 2.10. The summed E-state index contributed by atoms with van der Waals surface area (Å²) < 4.78 is 0. The maximum absolute atomic E-state index is 5.49. The van der Waals surface area contributed by atoms with Crippen molar-refractivity contribution in [3.63, 3.8) is 0 Å². The van der Waals surface area contributed by atoms with Crippen molar-refractivity contribution in [2.75, 3.05) is 24.6 Å². The highest BCUT2D eigenvalue weighted by Crippen LogP contribution is 2.17. The van der Waals surface area contributed by atoms with E-state index in [9.17, 15) is 0 Å². The van der Waals surface area contributed by atoms with Crippen molar-refractivity contribution < 1.29 is 4.84 Å². The summed E-state index contributed by atoms with van der Waals surface area (Å²) in [6.07, 6.45) is 4.06. The average Bonchev–Trinajstić information content (AvgIpc) is 2.40. The Balaban J connectivity index is 1.71. The van der Waals surface area contributed by atoms with Gasteiger partial charge in [0.25, 0.3) is 0 Å². The van der Waals surface area contributed by atoms with Gasteiger partial charge >= 0.3 is 0 Å². The van der Waals surface area contributed by atoms with Crippen molar-refractivity contribution in [2.24, 2.45) is 5.92 Å². The summed E-state index contributed by atoms with van der Waals surface area (Å²) >= 11 is 0. The van der Waals surface area contributed by atoms with E-state index in [-0.39, 0.29) is 0 Å². The second-order valence-corrected chi connectivity index (χ2v) is 5.27. The molecule has 1 aromatic heterocycles. The van der Waals surface area contributed by atoms with E-state index in [2.05, 4.69) is 35.3 Å². The van der Waals surface area contributed by atoms with E-state index in [1.165, 1.54) is 0 Å². The molecule has 1 fully saturated rings. The Morgan fingerprint density at radius 2 is 2.17 bits per heavy atom. The van der Waals surface area contributed by atoms with Crippen LogP contribution in [-0.4, -0.2) is 30.7 Å². The number of nitrogens with one attached hydrogen (secondary N) is 1. The van der Waals surface area contributed by atoms with Crippen LogP contribution in [0.15, 0.2) is 24.4 Å². The van der Waals surface area contributed by atoms with Gasteiger partial charge < -0.3 is 9.74 Å². The van der Waals surface area contributed by atoms with Crippen LogP contribution in [0.1, 0.15) is 26.7 Å². The Morgan fingerprint density at radius 3 is 2.78 bits per heavy atom. The van der Waals surface area contributed by atoms with Gasteiger partial charge in [0.05, 0.1) is 6.61 Å². The highest BCUT2D eigenvalue weighted by molar-refractivity contribution is 5.38. The van der Waals surface area contributed by atoms with Crippen molar-refractivity contribution in [3.8, 4) is 0 Å². The summed E-state index contributed by atoms with van der Waals surface area (Å²) in [5.41, 5.74) is 3.18. The van der Waals surface area contributed by atoms with Gasteiger partial charge in [-0.05, 0) is 30.9 Å². The molecule has 0 amide bonds. The van der Waals surface area contributed by atoms with Crippen LogP contribution in [-0.2, 0) is 4.84 Å². The van der Waals surface area contributed by atoms with Gasteiger partial charge in [-0.2, -0.15) is 5.48 Å². The molecule has 0 aromatic carbocycles. The number of anilines is 1. The van der Waals surface area contributed by atoms with Gasteiger partial charge in [0.15, 0.2) is 0 Å². The van der Waals surface area contributed by atoms with Crippen LogP contribution >= 0.6 is 0 Å². The summed E-state index contributed by atoms with van der Waals surface area (Å²) in [6, 6.07) is 6.54. The molecule has 0 bridgehead atoms. The number of pyridine rings is 1. The van der Waals surface area contributed by atoms with Gasteiger partial charge in [-0.25, -0.2) is 4.98 Å². The molecule has 1 N–H and O–H groups in total. The Kier molecular flexibility index (Phi) is 4.96. The SMILES string of the molecule is CC(C)CONC1CCN(c2ccccn2)CC1. The van der Waals surface area contributed by atoms with E-state index in [1.807, 2.05) is 18.3 Å². The fourth-order valence-electron chi connectivity index (χ4n) is 2.10. The van der Waals surface area contributed by atoms with Crippen molar-refractivity contribution in [1.29, 1.82) is 0 Å². The number of rotatable bonds is 5. The van der Waals surface area contributed by atoms with Crippen molar-refractivity contribution in [2.45, 2.75) is 32.7 Å². The largest absolute Gasteiger partial charge is 0.357 e. The highest BCUT2D eigenvalue weighted by atomic mass is 16.6. The first-order valence-corrected chi connectivity index (χ1v) is 6.79. The molecule has 2 rings (SSSR count). The smallest absolute Gasteiger partial charge is 0.128 e. The van der Waals surface area contributed by atoms with E-state index in [0.717, 1.165) is 38.4 Å². The molecule has 0 spiro atoms. The number of hydrogen-bond acceptors (Lipinski definition) is 4. The normalized spacial score (nSPS) is 17.4. The summed E-state index contributed by atoms with van der Waals surface area (Å²) in [6.45, 7) is 7.18. The van der Waals surface area contributed by atoms with Crippen LogP contribution < -0.4 is 10.4 Å². The van der Waals surface area contributed by atoms with Crippen LogP contribution in [0.5, 0.6) is 0 Å². The lowest BCUT2D eigenvalue weighted by atomic mass is 10.1. The third-order valence-electron chi connectivity index (χ3n) is 3.13. The number of hydroxylamine groups is 1. The molecule has 0 unspecified atom stereocenters. The zero-order chi connectivity index (χ0) is 12.8. The molecule has 0 saturated carbocycles. The maximum Gasteiger partial charge on any atom is 0.128 e. The van der Waals surface area contributed by atoms with Gasteiger partial charge in [0.2, 0.25) is 0 Å². The predicted molar refractivity (Wildman–Crippen MR) is 73.4 cm³/mol. The second-order valence-electron chi connectivity index (χ2n) is 5.27. The van der Waals surface area contributed by atoms with Gasteiger partial charge in [-0.15, -0.1) is 0 Å². The van der Waals surface area contributed by atoms with Crippen molar-refractivity contribution in [3.05, 3.63) is 24.4 Å². The van der Waals surface area contributed by atoms with Crippen molar-refractivity contribution >= 4 is 5.82 Å². The van der Waals surface area contributed by atoms with Crippen LogP contribution in [0, 0.1) is 5.92 Å². The molecule has 1 saturated heterocycles. The van der Waals surface area contributed by atoms with E-state index in [4.69, 9.17) is 4.84 Å². The van der Waals surface area contributed by atoms with Crippen molar-refractivity contribution in [1.82, 2.24) is 10.5 Å². The zero-order valence-electron chi connectivity index (χ0n) is 11.3. The van der Waals surface area contributed by atoms with Crippen LogP contribution in [0.3, 0.4) is 0 Å². The topological polar surface area (TPSA) is 37.4 Å². The third kappa shape index (κ3) is 3.96. The van der Waals surface area contributed by atoms with Crippen LogP contribution in [0.25, 0.3) is 0 Å². The van der Waals surface area contributed by atoms with E-state index in [0.29, 0.717) is 12.0 Å². The Morgan fingerprint density at radius 1 is 1.39 bits per heavy atom. The van der Waals surface area contributed by atoms with Crippen LogP contribution in [0.4, 0.5) is 5.82 Å². The second kappa shape index (κ2) is 6.71. The summed E-state index contributed by atoms with van der Waals surface area (Å²) in [7, 11) is 0. The van der Waals surface area contributed by atoms with Gasteiger partial charge in [-0.3, -0.25) is 0 Å². The van der Waals surface area contributed by atoms with E-state index in [1.54, 1.807) is 0 Å². The minimum Gasteiger partial charge on any atom is -0.357 e. The number of nitrogens with zero attached hydrogens (tertiary/aromatic N) is 2. The molecule has 4 nitrogen and oxygen atoms in total. The number of hydrogen-bond donors (Lipinski definition) is 1. The Labute approximate surface area is 109 Å². The number of piperidine rings is 1. The summed E-state index contributed by atoms with van der Waals surface area (Å²) in [4.78, 5) is 12.2. The maximum atomic E-state index is 5.49. The third-order valence-corrected chi connectivity index (χ3v) is 3.13. The minimum atomic E-state index is 0.476. The average molecular weight is 249 g/mol. The molecule has 0 radical (unpaired) electrons. The van der Waals surface area contributed by atoms with Gasteiger partial charge in [0.1, 0.15) is 5.82 Å². The molecule has 18 heavy (non-hydrogen) atoms. The van der Waals surface area contributed by atoms with Gasteiger partial charge in [-0.1, -0.05) is 19.9 Å².